The van der Waals surface area contributed by atoms with Gasteiger partial charge in [0.25, 0.3) is 0 Å². The molecule has 1 rings (SSSR count). The van der Waals surface area contributed by atoms with Crippen molar-refractivity contribution >= 4 is 15.9 Å². The Balaban J connectivity index is 2.11. The van der Waals surface area contributed by atoms with Crippen molar-refractivity contribution in [3.05, 3.63) is 34.3 Å². The monoisotopic (exact) mass is 326 g/mol. The van der Waals surface area contributed by atoms with E-state index in [1.165, 1.54) is 22.9 Å². The third-order valence-corrected chi connectivity index (χ3v) is 3.98. The van der Waals surface area contributed by atoms with Gasteiger partial charge in [0.15, 0.2) is 0 Å². The molecule has 0 spiro atoms. The molecule has 1 N–H and O–H groups in total. The molecule has 108 valence electrons. The van der Waals surface area contributed by atoms with Gasteiger partial charge in [-0.3, -0.25) is 0 Å². The van der Waals surface area contributed by atoms with Crippen LogP contribution in [0, 0.1) is 5.92 Å². The molecule has 0 aliphatic rings. The number of benzene rings is 1. The summed E-state index contributed by atoms with van der Waals surface area (Å²) in [5.74, 6) is 0.819. The molecule has 1 aromatic rings. The lowest BCUT2D eigenvalue weighted by molar-refractivity contribution is 0.323. The van der Waals surface area contributed by atoms with E-state index in [0.717, 1.165) is 32.1 Å². The van der Waals surface area contributed by atoms with Crippen molar-refractivity contribution in [2.75, 3.05) is 26.7 Å². The highest BCUT2D eigenvalue weighted by Crippen LogP contribution is 2.16. The summed E-state index contributed by atoms with van der Waals surface area (Å²) in [6.07, 6.45) is 2.60. The van der Waals surface area contributed by atoms with Crippen molar-refractivity contribution in [3.8, 4) is 0 Å². The van der Waals surface area contributed by atoms with Crippen LogP contribution in [0.2, 0.25) is 0 Å². The minimum atomic E-state index is 0.819. The van der Waals surface area contributed by atoms with Gasteiger partial charge in [0.2, 0.25) is 0 Å². The lowest BCUT2D eigenvalue weighted by Crippen LogP contribution is -2.29. The molecule has 0 radical (unpaired) electrons. The molecule has 19 heavy (non-hydrogen) atoms. The summed E-state index contributed by atoms with van der Waals surface area (Å²) in [6.45, 7) is 8.86. The van der Waals surface area contributed by atoms with Crippen LogP contribution < -0.4 is 5.32 Å². The van der Waals surface area contributed by atoms with Crippen LogP contribution in [-0.4, -0.2) is 31.6 Å². The summed E-state index contributed by atoms with van der Waals surface area (Å²) in [5, 5.41) is 3.52. The van der Waals surface area contributed by atoms with Crippen molar-refractivity contribution in [1.82, 2.24) is 10.2 Å². The Kier molecular flexibility index (Phi) is 8.35. The molecule has 0 atom stereocenters. The number of hydrogen-bond acceptors (Lipinski definition) is 2. The molecule has 0 saturated carbocycles. The maximum absolute atomic E-state index is 3.60. The highest BCUT2D eigenvalue weighted by Gasteiger charge is 2.03. The molecule has 0 fully saturated rings. The van der Waals surface area contributed by atoms with Gasteiger partial charge in [0.05, 0.1) is 0 Å². The predicted molar refractivity (Wildman–Crippen MR) is 87.4 cm³/mol. The van der Waals surface area contributed by atoms with Crippen LogP contribution in [0.5, 0.6) is 0 Å². The molecule has 1 aromatic carbocycles. The summed E-state index contributed by atoms with van der Waals surface area (Å²) >= 11 is 3.60. The molecule has 0 saturated heterocycles. The van der Waals surface area contributed by atoms with Gasteiger partial charge in [0.1, 0.15) is 0 Å². The lowest BCUT2D eigenvalue weighted by Gasteiger charge is -2.18. The van der Waals surface area contributed by atoms with E-state index in [9.17, 15) is 0 Å². The van der Waals surface area contributed by atoms with Gasteiger partial charge < -0.3 is 10.2 Å². The summed E-state index contributed by atoms with van der Waals surface area (Å²) in [7, 11) is 2.18. The average molecular weight is 327 g/mol. The Hall–Kier alpha value is -0.380. The number of hydrogen-bond donors (Lipinski definition) is 1. The maximum Gasteiger partial charge on any atom is 0.0242 e. The van der Waals surface area contributed by atoms with E-state index >= 15 is 0 Å². The number of nitrogens with one attached hydrogen (secondary N) is 1. The molecule has 0 aromatic heterocycles. The summed E-state index contributed by atoms with van der Waals surface area (Å²) < 4.78 is 1.20. The first-order valence-electron chi connectivity index (χ1n) is 7.22. The fourth-order valence-corrected chi connectivity index (χ4v) is 2.44. The zero-order valence-corrected chi connectivity index (χ0v) is 14.0. The SMILES string of the molecule is CC(C)CCCNCCN(C)Cc1ccccc1Br. The van der Waals surface area contributed by atoms with E-state index in [2.05, 4.69) is 71.3 Å². The Morgan fingerprint density at radius 2 is 1.95 bits per heavy atom. The highest BCUT2D eigenvalue weighted by molar-refractivity contribution is 9.10. The van der Waals surface area contributed by atoms with Gasteiger partial charge in [-0.1, -0.05) is 48.0 Å². The number of rotatable bonds is 9. The van der Waals surface area contributed by atoms with Gasteiger partial charge >= 0.3 is 0 Å². The summed E-state index contributed by atoms with van der Waals surface area (Å²) in [5.41, 5.74) is 1.35. The third-order valence-electron chi connectivity index (χ3n) is 3.20. The molecular formula is C16H27BrN2. The van der Waals surface area contributed by atoms with Gasteiger partial charge in [-0.2, -0.15) is 0 Å². The van der Waals surface area contributed by atoms with Crippen LogP contribution in [0.15, 0.2) is 28.7 Å². The molecule has 0 bridgehead atoms. The summed E-state index contributed by atoms with van der Waals surface area (Å²) in [6, 6.07) is 8.44. The second kappa shape index (κ2) is 9.51. The average Bonchev–Trinajstić information content (AvgIpc) is 2.36. The van der Waals surface area contributed by atoms with E-state index in [1.54, 1.807) is 0 Å². The number of likely N-dealkylation sites (N-methyl/N-ethyl adjacent to an activating group) is 1. The van der Waals surface area contributed by atoms with Crippen LogP contribution in [0.1, 0.15) is 32.3 Å². The van der Waals surface area contributed by atoms with Gasteiger partial charge in [-0.05, 0) is 44.0 Å². The fraction of sp³-hybridized carbons (Fsp3) is 0.625. The largest absolute Gasteiger partial charge is 0.315 e. The smallest absolute Gasteiger partial charge is 0.0242 e. The Labute approximate surface area is 126 Å². The molecule has 0 aliphatic carbocycles. The van der Waals surface area contributed by atoms with Gasteiger partial charge in [-0.15, -0.1) is 0 Å². The normalized spacial score (nSPS) is 11.5. The highest BCUT2D eigenvalue weighted by atomic mass is 79.9. The standard InChI is InChI=1S/C16H27BrN2/c1-14(2)7-6-10-18-11-12-19(3)13-15-8-4-5-9-16(15)17/h4-5,8-9,14,18H,6-7,10-13H2,1-3H3. The fourth-order valence-electron chi connectivity index (χ4n) is 2.03. The summed E-state index contributed by atoms with van der Waals surface area (Å²) in [4.78, 5) is 2.36. The Morgan fingerprint density at radius 1 is 1.21 bits per heavy atom. The van der Waals surface area contributed by atoms with Crippen LogP contribution in [0.4, 0.5) is 0 Å². The molecule has 0 unspecified atom stereocenters. The lowest BCUT2D eigenvalue weighted by atomic mass is 10.1. The second-order valence-corrected chi connectivity index (χ2v) is 6.47. The molecule has 3 heteroatoms. The van der Waals surface area contributed by atoms with Gasteiger partial charge in [-0.25, -0.2) is 0 Å². The van der Waals surface area contributed by atoms with Crippen molar-refractivity contribution in [2.24, 2.45) is 5.92 Å². The van der Waals surface area contributed by atoms with Crippen LogP contribution >= 0.6 is 15.9 Å². The topological polar surface area (TPSA) is 15.3 Å². The first-order chi connectivity index (χ1) is 9.09. The van der Waals surface area contributed by atoms with Crippen molar-refractivity contribution in [1.29, 1.82) is 0 Å². The number of nitrogens with zero attached hydrogens (tertiary/aromatic N) is 1. The minimum absolute atomic E-state index is 0.819. The molecular weight excluding hydrogens is 300 g/mol. The van der Waals surface area contributed by atoms with Crippen molar-refractivity contribution in [3.63, 3.8) is 0 Å². The van der Waals surface area contributed by atoms with E-state index in [4.69, 9.17) is 0 Å². The second-order valence-electron chi connectivity index (χ2n) is 5.62. The zero-order chi connectivity index (χ0) is 14.1. The first kappa shape index (κ1) is 16.7. The molecule has 0 amide bonds. The van der Waals surface area contributed by atoms with E-state index < -0.39 is 0 Å². The Bertz CT molecular complexity index is 352. The van der Waals surface area contributed by atoms with Gasteiger partial charge in [0, 0.05) is 24.1 Å². The van der Waals surface area contributed by atoms with Crippen LogP contribution in [0.25, 0.3) is 0 Å². The first-order valence-corrected chi connectivity index (χ1v) is 8.01. The minimum Gasteiger partial charge on any atom is -0.315 e. The predicted octanol–water partition coefficient (Wildman–Crippen LogP) is 3.91. The van der Waals surface area contributed by atoms with E-state index in [1.807, 2.05) is 0 Å². The van der Waals surface area contributed by atoms with Crippen molar-refractivity contribution in [2.45, 2.75) is 33.2 Å². The zero-order valence-electron chi connectivity index (χ0n) is 12.5. The molecule has 0 heterocycles. The maximum atomic E-state index is 3.60. The van der Waals surface area contributed by atoms with Crippen LogP contribution in [-0.2, 0) is 6.54 Å². The Morgan fingerprint density at radius 3 is 2.63 bits per heavy atom. The van der Waals surface area contributed by atoms with E-state index in [0.29, 0.717) is 0 Å². The quantitative estimate of drug-likeness (QED) is 0.692. The number of halogens is 1. The molecule has 0 aliphatic heterocycles. The van der Waals surface area contributed by atoms with Crippen molar-refractivity contribution < 1.29 is 0 Å². The molecule has 2 nitrogen and oxygen atoms in total. The third kappa shape index (κ3) is 7.71. The van der Waals surface area contributed by atoms with E-state index in [-0.39, 0.29) is 0 Å². The van der Waals surface area contributed by atoms with Crippen LogP contribution in [0.3, 0.4) is 0 Å².